The molecule has 134 valence electrons. The number of hydrogen-bond donors (Lipinski definition) is 1. The number of hydrogen-bond acceptors (Lipinski definition) is 4. The van der Waals surface area contributed by atoms with Crippen LogP contribution in [0, 0.1) is 0 Å². The van der Waals surface area contributed by atoms with Crippen LogP contribution in [0.15, 0.2) is 60.0 Å². The van der Waals surface area contributed by atoms with E-state index in [1.807, 2.05) is 56.3 Å². The fourth-order valence-corrected chi connectivity index (χ4v) is 3.27. The van der Waals surface area contributed by atoms with Crippen LogP contribution in [-0.2, 0) is 17.8 Å². The summed E-state index contributed by atoms with van der Waals surface area (Å²) in [7, 11) is 0. The average Bonchev–Trinajstić information content (AvgIpc) is 3.10. The maximum atomic E-state index is 12.5. The Hall–Kier alpha value is -2.50. The third-order valence-electron chi connectivity index (χ3n) is 3.75. The summed E-state index contributed by atoms with van der Waals surface area (Å²) < 4.78 is 5.61. The predicted molar refractivity (Wildman–Crippen MR) is 106 cm³/mol. The molecule has 0 aliphatic carbocycles. The van der Waals surface area contributed by atoms with E-state index in [-0.39, 0.29) is 12.0 Å². The van der Waals surface area contributed by atoms with Gasteiger partial charge in [0.05, 0.1) is 17.7 Å². The maximum absolute atomic E-state index is 12.5. The van der Waals surface area contributed by atoms with Crippen molar-refractivity contribution in [1.29, 1.82) is 0 Å². The first-order valence-corrected chi connectivity index (χ1v) is 9.48. The molecule has 0 saturated carbocycles. The Morgan fingerprint density at radius 2 is 1.88 bits per heavy atom. The number of amides is 1. The van der Waals surface area contributed by atoms with E-state index in [0.29, 0.717) is 12.3 Å². The number of nitrogens with zero attached hydrogens (tertiary/aromatic N) is 1. The average molecular weight is 366 g/mol. The Labute approximate surface area is 157 Å². The number of aromatic nitrogens is 1. The summed E-state index contributed by atoms with van der Waals surface area (Å²) >= 11 is 1.51. The minimum Gasteiger partial charge on any atom is -0.374 e. The Kier molecular flexibility index (Phi) is 6.15. The molecule has 1 heterocycles. The van der Waals surface area contributed by atoms with Gasteiger partial charge in [0.25, 0.3) is 5.91 Å². The van der Waals surface area contributed by atoms with Crippen molar-refractivity contribution in [2.24, 2.45) is 0 Å². The number of nitrogens with one attached hydrogen (secondary N) is 1. The zero-order chi connectivity index (χ0) is 18.4. The highest BCUT2D eigenvalue weighted by atomic mass is 32.1. The fourth-order valence-electron chi connectivity index (χ4n) is 2.46. The first-order valence-electron chi connectivity index (χ1n) is 8.60. The van der Waals surface area contributed by atoms with E-state index in [4.69, 9.17) is 4.74 Å². The van der Waals surface area contributed by atoms with Gasteiger partial charge >= 0.3 is 0 Å². The summed E-state index contributed by atoms with van der Waals surface area (Å²) in [5.74, 6) is -0.192. The molecule has 26 heavy (non-hydrogen) atoms. The van der Waals surface area contributed by atoms with Crippen molar-refractivity contribution in [3.05, 3.63) is 81.8 Å². The number of carbonyl (C=O) groups is 1. The Balaban J connectivity index is 1.62. The molecule has 1 amide bonds. The second-order valence-corrected chi connectivity index (χ2v) is 7.25. The van der Waals surface area contributed by atoms with Crippen molar-refractivity contribution in [2.45, 2.75) is 33.0 Å². The lowest BCUT2D eigenvalue weighted by Gasteiger charge is -2.09. The Bertz CT molecular complexity index is 859. The highest BCUT2D eigenvalue weighted by Crippen LogP contribution is 2.17. The van der Waals surface area contributed by atoms with E-state index in [9.17, 15) is 4.79 Å². The molecule has 4 nitrogen and oxygen atoms in total. The van der Waals surface area contributed by atoms with Crippen molar-refractivity contribution < 1.29 is 9.53 Å². The van der Waals surface area contributed by atoms with Crippen LogP contribution < -0.4 is 5.32 Å². The molecular formula is C21H22N2O2S. The summed E-state index contributed by atoms with van der Waals surface area (Å²) in [6.07, 6.45) is 0.909. The molecule has 2 aromatic carbocycles. The van der Waals surface area contributed by atoms with E-state index in [0.717, 1.165) is 22.7 Å². The van der Waals surface area contributed by atoms with Crippen molar-refractivity contribution in [1.82, 2.24) is 4.98 Å². The minimum atomic E-state index is -0.192. The Morgan fingerprint density at radius 1 is 1.12 bits per heavy atom. The van der Waals surface area contributed by atoms with E-state index >= 15 is 0 Å². The molecule has 1 aromatic heterocycles. The Morgan fingerprint density at radius 3 is 2.65 bits per heavy atom. The molecule has 0 atom stereocenters. The highest BCUT2D eigenvalue weighted by molar-refractivity contribution is 7.09. The second-order valence-electron chi connectivity index (χ2n) is 6.30. The quantitative estimate of drug-likeness (QED) is 0.646. The third-order valence-corrected chi connectivity index (χ3v) is 4.60. The molecule has 3 rings (SSSR count). The van der Waals surface area contributed by atoms with Crippen LogP contribution in [0.2, 0.25) is 0 Å². The smallest absolute Gasteiger partial charge is 0.275 e. The van der Waals surface area contributed by atoms with E-state index < -0.39 is 0 Å². The molecule has 0 spiro atoms. The fraction of sp³-hybridized carbons (Fsp3) is 0.238. The molecule has 1 N–H and O–H groups in total. The molecule has 0 aliphatic rings. The van der Waals surface area contributed by atoms with E-state index in [1.54, 1.807) is 5.38 Å². The zero-order valence-electron chi connectivity index (χ0n) is 14.9. The summed E-state index contributed by atoms with van der Waals surface area (Å²) in [6, 6.07) is 17.8. The van der Waals surface area contributed by atoms with Gasteiger partial charge in [-0.05, 0) is 37.1 Å². The molecule has 5 heteroatoms. The van der Waals surface area contributed by atoms with E-state index in [2.05, 4.69) is 22.4 Å². The number of carbonyl (C=O) groups excluding carboxylic acids is 1. The highest BCUT2D eigenvalue weighted by Gasteiger charge is 2.12. The van der Waals surface area contributed by atoms with Gasteiger partial charge in [0.1, 0.15) is 5.69 Å². The lowest BCUT2D eigenvalue weighted by atomic mass is 10.2. The minimum absolute atomic E-state index is 0.172. The first kappa shape index (κ1) is 18.3. The molecule has 0 bridgehead atoms. The molecule has 0 radical (unpaired) electrons. The van der Waals surface area contributed by atoms with Crippen LogP contribution in [-0.4, -0.2) is 17.0 Å². The summed E-state index contributed by atoms with van der Waals surface area (Å²) in [4.78, 5) is 16.9. The number of rotatable bonds is 7. The summed E-state index contributed by atoms with van der Waals surface area (Å²) in [5.41, 5.74) is 3.41. The van der Waals surface area contributed by atoms with Gasteiger partial charge in [-0.25, -0.2) is 4.98 Å². The van der Waals surface area contributed by atoms with Crippen LogP contribution in [0.1, 0.15) is 40.5 Å². The van der Waals surface area contributed by atoms with Gasteiger partial charge < -0.3 is 10.1 Å². The molecular weight excluding hydrogens is 344 g/mol. The molecule has 0 unspecified atom stereocenters. The van der Waals surface area contributed by atoms with Gasteiger partial charge in [-0.1, -0.05) is 42.5 Å². The number of benzene rings is 2. The van der Waals surface area contributed by atoms with Gasteiger partial charge in [-0.2, -0.15) is 0 Å². The standard InChI is InChI=1S/C21H22N2O2S/c1-15(2)25-13-17-9-6-10-18(11-17)22-21(24)19-14-26-20(23-19)12-16-7-4-3-5-8-16/h3-11,14-15H,12-13H2,1-2H3,(H,22,24). The molecule has 0 fully saturated rings. The van der Waals surface area contributed by atoms with Crippen molar-refractivity contribution in [3.63, 3.8) is 0 Å². The topological polar surface area (TPSA) is 51.2 Å². The van der Waals surface area contributed by atoms with Gasteiger partial charge in [0.15, 0.2) is 0 Å². The lowest BCUT2D eigenvalue weighted by molar-refractivity contribution is 0.0657. The second kappa shape index (κ2) is 8.74. The zero-order valence-corrected chi connectivity index (χ0v) is 15.8. The van der Waals surface area contributed by atoms with Crippen LogP contribution in [0.3, 0.4) is 0 Å². The SMILES string of the molecule is CC(C)OCc1cccc(NC(=O)c2csc(Cc3ccccc3)n2)c1. The van der Waals surface area contributed by atoms with Crippen LogP contribution in [0.25, 0.3) is 0 Å². The largest absolute Gasteiger partial charge is 0.374 e. The third kappa shape index (κ3) is 5.25. The van der Waals surface area contributed by atoms with Crippen molar-refractivity contribution in [3.8, 4) is 0 Å². The maximum Gasteiger partial charge on any atom is 0.275 e. The van der Waals surface area contributed by atoms with Crippen LogP contribution in [0.5, 0.6) is 0 Å². The number of ether oxygens (including phenoxy) is 1. The molecule has 0 aliphatic heterocycles. The van der Waals surface area contributed by atoms with Gasteiger partial charge in [-0.15, -0.1) is 11.3 Å². The van der Waals surface area contributed by atoms with Crippen LogP contribution in [0.4, 0.5) is 5.69 Å². The van der Waals surface area contributed by atoms with Gasteiger partial charge in [0, 0.05) is 17.5 Å². The van der Waals surface area contributed by atoms with Gasteiger partial charge in [0.2, 0.25) is 0 Å². The summed E-state index contributed by atoms with van der Waals surface area (Å²) in [5, 5.41) is 5.65. The van der Waals surface area contributed by atoms with Crippen LogP contribution >= 0.6 is 11.3 Å². The predicted octanol–water partition coefficient (Wildman–Crippen LogP) is 4.91. The van der Waals surface area contributed by atoms with Crippen molar-refractivity contribution >= 4 is 22.9 Å². The number of thiazole rings is 1. The number of anilines is 1. The van der Waals surface area contributed by atoms with E-state index in [1.165, 1.54) is 16.9 Å². The molecule has 0 saturated heterocycles. The summed E-state index contributed by atoms with van der Waals surface area (Å²) in [6.45, 7) is 4.53. The molecule has 3 aromatic rings. The monoisotopic (exact) mass is 366 g/mol. The van der Waals surface area contributed by atoms with Gasteiger partial charge in [-0.3, -0.25) is 4.79 Å². The lowest BCUT2D eigenvalue weighted by Crippen LogP contribution is -2.12. The van der Waals surface area contributed by atoms with Crippen molar-refractivity contribution in [2.75, 3.05) is 5.32 Å². The first-order chi connectivity index (χ1) is 12.6. The normalized spacial score (nSPS) is 10.9.